The van der Waals surface area contributed by atoms with Crippen LogP contribution < -0.4 is 10.6 Å². The van der Waals surface area contributed by atoms with Crippen molar-refractivity contribution in [2.75, 3.05) is 23.7 Å². The molecular formula is C14H23N5O2. The van der Waals surface area contributed by atoms with E-state index < -0.39 is 4.92 Å². The first-order chi connectivity index (χ1) is 10.1. The molecule has 7 nitrogen and oxygen atoms in total. The molecule has 0 radical (unpaired) electrons. The Morgan fingerprint density at radius 3 is 2.67 bits per heavy atom. The minimum atomic E-state index is -0.443. The summed E-state index contributed by atoms with van der Waals surface area (Å²) >= 11 is 0. The Hall–Kier alpha value is -1.92. The zero-order valence-corrected chi connectivity index (χ0v) is 12.6. The van der Waals surface area contributed by atoms with Gasteiger partial charge in [-0.1, -0.05) is 19.8 Å². The highest BCUT2D eigenvalue weighted by atomic mass is 16.6. The second kappa shape index (κ2) is 7.19. The van der Waals surface area contributed by atoms with E-state index in [4.69, 9.17) is 0 Å². The van der Waals surface area contributed by atoms with Gasteiger partial charge < -0.3 is 10.6 Å². The van der Waals surface area contributed by atoms with Crippen LogP contribution in [0.2, 0.25) is 0 Å². The average Bonchev–Trinajstić information content (AvgIpc) is 2.47. The maximum Gasteiger partial charge on any atom is 0.329 e. The van der Waals surface area contributed by atoms with Gasteiger partial charge in [0, 0.05) is 13.1 Å². The molecule has 1 aromatic rings. The second-order valence-electron chi connectivity index (χ2n) is 5.72. The molecule has 0 aliphatic heterocycles. The van der Waals surface area contributed by atoms with Crippen molar-refractivity contribution in [2.45, 2.75) is 39.5 Å². The lowest BCUT2D eigenvalue weighted by Gasteiger charge is -2.26. The van der Waals surface area contributed by atoms with Gasteiger partial charge in [-0.15, -0.1) is 0 Å². The van der Waals surface area contributed by atoms with Crippen LogP contribution in [0, 0.1) is 22.0 Å². The van der Waals surface area contributed by atoms with Crippen LogP contribution in [0.25, 0.3) is 0 Å². The summed E-state index contributed by atoms with van der Waals surface area (Å²) in [7, 11) is 0. The highest BCUT2D eigenvalue weighted by Gasteiger charge is 2.21. The van der Waals surface area contributed by atoms with E-state index in [1.54, 1.807) is 0 Å². The molecule has 0 spiro atoms. The molecule has 1 aliphatic carbocycles. The van der Waals surface area contributed by atoms with Crippen molar-refractivity contribution in [3.05, 3.63) is 16.3 Å². The van der Waals surface area contributed by atoms with Crippen molar-refractivity contribution in [3.8, 4) is 0 Å². The number of hydrogen-bond acceptors (Lipinski definition) is 6. The summed E-state index contributed by atoms with van der Waals surface area (Å²) in [6.45, 7) is 5.62. The van der Waals surface area contributed by atoms with Crippen LogP contribution in [0.5, 0.6) is 0 Å². The van der Waals surface area contributed by atoms with Gasteiger partial charge in [0.15, 0.2) is 0 Å². The van der Waals surface area contributed by atoms with Gasteiger partial charge in [-0.3, -0.25) is 10.1 Å². The van der Waals surface area contributed by atoms with Crippen molar-refractivity contribution in [3.63, 3.8) is 0 Å². The standard InChI is InChI=1S/C14H23N5O2/c1-3-15-14-17-9-12(19(20)21)13(18-14)16-8-11-6-4-10(2)5-7-11/h9-11H,3-8H2,1-2H3,(H2,15,16,17,18). The van der Waals surface area contributed by atoms with E-state index in [0.717, 1.165) is 12.5 Å². The van der Waals surface area contributed by atoms with Crippen molar-refractivity contribution in [1.82, 2.24) is 9.97 Å². The summed E-state index contributed by atoms with van der Waals surface area (Å²) in [5.74, 6) is 2.10. The summed E-state index contributed by atoms with van der Waals surface area (Å²) in [4.78, 5) is 18.8. The number of aromatic nitrogens is 2. The third-order valence-electron chi connectivity index (χ3n) is 3.99. The van der Waals surface area contributed by atoms with E-state index >= 15 is 0 Å². The Morgan fingerprint density at radius 1 is 1.33 bits per heavy atom. The fraction of sp³-hybridized carbons (Fsp3) is 0.714. The number of hydrogen-bond donors (Lipinski definition) is 2. The molecule has 7 heteroatoms. The van der Waals surface area contributed by atoms with Crippen LogP contribution in [0.1, 0.15) is 39.5 Å². The lowest BCUT2D eigenvalue weighted by molar-refractivity contribution is -0.384. The summed E-state index contributed by atoms with van der Waals surface area (Å²) in [6.07, 6.45) is 6.08. The highest BCUT2D eigenvalue weighted by Crippen LogP contribution is 2.29. The molecule has 2 rings (SSSR count). The summed E-state index contributed by atoms with van der Waals surface area (Å²) in [5.41, 5.74) is -0.0687. The normalized spacial score (nSPS) is 21.8. The molecular weight excluding hydrogens is 270 g/mol. The second-order valence-corrected chi connectivity index (χ2v) is 5.72. The van der Waals surface area contributed by atoms with Gasteiger partial charge in [0.05, 0.1) is 4.92 Å². The fourth-order valence-electron chi connectivity index (χ4n) is 2.66. The van der Waals surface area contributed by atoms with E-state index in [1.807, 2.05) is 6.92 Å². The maximum atomic E-state index is 11.1. The number of rotatable bonds is 6. The van der Waals surface area contributed by atoms with Gasteiger partial charge in [0.2, 0.25) is 11.8 Å². The quantitative estimate of drug-likeness (QED) is 0.618. The molecule has 1 aliphatic rings. The Kier molecular flexibility index (Phi) is 5.30. The third-order valence-corrected chi connectivity index (χ3v) is 3.99. The Morgan fingerprint density at radius 2 is 2.05 bits per heavy atom. The Balaban J connectivity index is 2.02. The summed E-state index contributed by atoms with van der Waals surface area (Å²) in [6, 6.07) is 0. The molecule has 1 aromatic heterocycles. The molecule has 0 saturated heterocycles. The van der Waals surface area contributed by atoms with E-state index in [0.29, 0.717) is 24.2 Å². The zero-order valence-electron chi connectivity index (χ0n) is 12.6. The van der Waals surface area contributed by atoms with Crippen LogP contribution in [0.3, 0.4) is 0 Å². The van der Waals surface area contributed by atoms with Gasteiger partial charge in [0.25, 0.3) is 0 Å². The van der Waals surface area contributed by atoms with Crippen LogP contribution in [-0.2, 0) is 0 Å². The first-order valence-corrected chi connectivity index (χ1v) is 7.59. The SMILES string of the molecule is CCNc1ncc([N+](=O)[O-])c(NCC2CCC(C)CC2)n1. The number of nitrogens with zero attached hydrogens (tertiary/aromatic N) is 3. The van der Waals surface area contributed by atoms with Crippen LogP contribution in [-0.4, -0.2) is 28.0 Å². The minimum absolute atomic E-state index is 0.0687. The molecule has 1 saturated carbocycles. The minimum Gasteiger partial charge on any atom is -0.364 e. The highest BCUT2D eigenvalue weighted by molar-refractivity contribution is 5.56. The van der Waals surface area contributed by atoms with E-state index in [1.165, 1.54) is 31.9 Å². The number of anilines is 2. The summed E-state index contributed by atoms with van der Waals surface area (Å²) < 4.78 is 0. The van der Waals surface area contributed by atoms with Crippen molar-refractivity contribution < 1.29 is 4.92 Å². The van der Waals surface area contributed by atoms with Crippen molar-refractivity contribution in [1.29, 1.82) is 0 Å². The molecule has 2 N–H and O–H groups in total. The molecule has 0 unspecified atom stereocenters. The predicted octanol–water partition coefficient (Wildman–Crippen LogP) is 3.05. The van der Waals surface area contributed by atoms with Gasteiger partial charge in [0.1, 0.15) is 6.20 Å². The van der Waals surface area contributed by atoms with Crippen molar-refractivity contribution >= 4 is 17.5 Å². The number of nitrogens with one attached hydrogen (secondary N) is 2. The molecule has 1 fully saturated rings. The molecule has 0 amide bonds. The van der Waals surface area contributed by atoms with Gasteiger partial charge in [-0.05, 0) is 31.6 Å². The van der Waals surface area contributed by atoms with E-state index in [-0.39, 0.29) is 5.69 Å². The molecule has 0 bridgehead atoms. The smallest absolute Gasteiger partial charge is 0.329 e. The predicted molar refractivity (Wildman–Crippen MR) is 82.5 cm³/mol. The van der Waals surface area contributed by atoms with Crippen LogP contribution in [0.4, 0.5) is 17.5 Å². The Labute approximate surface area is 124 Å². The first kappa shape index (κ1) is 15.5. The van der Waals surface area contributed by atoms with Crippen LogP contribution in [0.15, 0.2) is 6.20 Å². The average molecular weight is 293 g/mol. The molecule has 1 heterocycles. The molecule has 21 heavy (non-hydrogen) atoms. The largest absolute Gasteiger partial charge is 0.364 e. The zero-order chi connectivity index (χ0) is 15.2. The van der Waals surface area contributed by atoms with Gasteiger partial charge in [-0.2, -0.15) is 4.98 Å². The van der Waals surface area contributed by atoms with Crippen LogP contribution >= 0.6 is 0 Å². The lowest BCUT2D eigenvalue weighted by atomic mass is 9.83. The molecule has 0 aromatic carbocycles. The monoisotopic (exact) mass is 293 g/mol. The third kappa shape index (κ3) is 4.27. The Bertz CT molecular complexity index is 486. The maximum absolute atomic E-state index is 11.1. The van der Waals surface area contributed by atoms with Gasteiger partial charge >= 0.3 is 5.69 Å². The molecule has 116 valence electrons. The summed E-state index contributed by atoms with van der Waals surface area (Å²) in [5, 5.41) is 17.2. The molecule has 0 atom stereocenters. The first-order valence-electron chi connectivity index (χ1n) is 7.59. The fourth-order valence-corrected chi connectivity index (χ4v) is 2.66. The topological polar surface area (TPSA) is 93.0 Å². The van der Waals surface area contributed by atoms with Crippen molar-refractivity contribution in [2.24, 2.45) is 11.8 Å². The lowest BCUT2D eigenvalue weighted by Crippen LogP contribution is -2.21. The van der Waals surface area contributed by atoms with E-state index in [9.17, 15) is 10.1 Å². The van der Waals surface area contributed by atoms with E-state index in [2.05, 4.69) is 27.5 Å². The number of nitro groups is 1. The van der Waals surface area contributed by atoms with Gasteiger partial charge in [-0.25, -0.2) is 4.98 Å².